The molecule has 1 aromatic rings. The quantitative estimate of drug-likeness (QED) is 0.848. The van der Waals surface area contributed by atoms with Crippen molar-refractivity contribution in [1.29, 1.82) is 0 Å². The fourth-order valence-corrected chi connectivity index (χ4v) is 2.64. The Morgan fingerprint density at radius 1 is 1.43 bits per heavy atom. The highest BCUT2D eigenvalue weighted by Gasteiger charge is 2.19. The number of ether oxygens (including phenoxy) is 1. The van der Waals surface area contributed by atoms with E-state index < -0.39 is 5.97 Å². The Bertz CT molecular complexity index is 522. The number of benzene rings is 1. The van der Waals surface area contributed by atoms with Crippen LogP contribution in [0.4, 0.5) is 10.1 Å². The molecule has 1 saturated heterocycles. The Balaban J connectivity index is 2.08. The second-order valence-corrected chi connectivity index (χ2v) is 5.30. The van der Waals surface area contributed by atoms with Crippen LogP contribution >= 0.6 is 0 Å². The number of piperidine rings is 1. The molecule has 1 fully saturated rings. The van der Waals surface area contributed by atoms with Gasteiger partial charge in [-0.2, -0.15) is 0 Å². The first-order valence-corrected chi connectivity index (χ1v) is 7.04. The highest BCUT2D eigenvalue weighted by atomic mass is 19.1. The third-order valence-corrected chi connectivity index (χ3v) is 3.71. The van der Waals surface area contributed by atoms with Crippen LogP contribution in [0.1, 0.15) is 18.4 Å². The minimum atomic E-state index is -1.04. The molecule has 21 heavy (non-hydrogen) atoms. The van der Waals surface area contributed by atoms with E-state index in [1.807, 2.05) is 6.07 Å². The Morgan fingerprint density at radius 2 is 2.14 bits per heavy atom. The molecule has 0 unspecified atom stereocenters. The molecule has 0 bridgehead atoms. The summed E-state index contributed by atoms with van der Waals surface area (Å²) in [5, 5.41) is 8.64. The number of methoxy groups -OCH3 is 1. The number of nitrogens with zero attached hydrogens (tertiary/aromatic N) is 1. The van der Waals surface area contributed by atoms with E-state index in [0.29, 0.717) is 11.5 Å². The van der Waals surface area contributed by atoms with E-state index >= 15 is 0 Å². The molecule has 5 heteroatoms. The number of anilines is 1. The minimum Gasteiger partial charge on any atom is -0.478 e. The zero-order valence-electron chi connectivity index (χ0n) is 12.1. The van der Waals surface area contributed by atoms with Gasteiger partial charge in [0.05, 0.1) is 0 Å². The lowest BCUT2D eigenvalue weighted by Crippen LogP contribution is -2.35. The molecule has 0 amide bonds. The van der Waals surface area contributed by atoms with Crippen molar-refractivity contribution in [2.75, 3.05) is 31.7 Å². The van der Waals surface area contributed by atoms with Gasteiger partial charge in [0.2, 0.25) is 0 Å². The van der Waals surface area contributed by atoms with E-state index in [2.05, 4.69) is 4.90 Å². The molecule has 1 aliphatic rings. The molecule has 4 nitrogen and oxygen atoms in total. The van der Waals surface area contributed by atoms with Gasteiger partial charge in [0.15, 0.2) is 0 Å². The van der Waals surface area contributed by atoms with Gasteiger partial charge in [-0.1, -0.05) is 0 Å². The number of rotatable bonds is 5. The number of hydrogen-bond acceptors (Lipinski definition) is 3. The maximum Gasteiger partial charge on any atom is 0.328 e. The first kappa shape index (κ1) is 15.5. The summed E-state index contributed by atoms with van der Waals surface area (Å²) in [5.41, 5.74) is 1.36. The Hall–Kier alpha value is -1.88. The molecular formula is C16H20FNO3. The van der Waals surface area contributed by atoms with Crippen molar-refractivity contribution in [1.82, 2.24) is 0 Å². The monoisotopic (exact) mass is 293 g/mol. The van der Waals surface area contributed by atoms with E-state index in [9.17, 15) is 9.18 Å². The smallest absolute Gasteiger partial charge is 0.328 e. The molecule has 1 aromatic carbocycles. The fraction of sp³-hybridized carbons (Fsp3) is 0.438. The van der Waals surface area contributed by atoms with Crippen molar-refractivity contribution >= 4 is 17.7 Å². The van der Waals surface area contributed by atoms with Crippen molar-refractivity contribution in [3.8, 4) is 0 Å². The number of hydrogen-bond donors (Lipinski definition) is 1. The predicted molar refractivity (Wildman–Crippen MR) is 79.9 cm³/mol. The van der Waals surface area contributed by atoms with Gasteiger partial charge in [-0.3, -0.25) is 0 Å². The standard InChI is InChI=1S/C16H20FNO3/c1-21-11-12-4-6-18(7-5-12)15-9-13(2-3-16(19)20)8-14(17)10-15/h2-3,8-10,12H,4-7,11H2,1H3,(H,19,20)/b3-2+. The number of carboxylic acids is 1. The normalized spacial score (nSPS) is 16.6. The van der Waals surface area contributed by atoms with Crippen molar-refractivity contribution in [3.05, 3.63) is 35.7 Å². The summed E-state index contributed by atoms with van der Waals surface area (Å²) in [6.07, 6.45) is 4.46. The number of halogens is 1. The van der Waals surface area contributed by atoms with Crippen LogP contribution in [0, 0.1) is 11.7 Å². The van der Waals surface area contributed by atoms with Crippen molar-refractivity contribution < 1.29 is 19.0 Å². The Labute approximate surface area is 123 Å². The number of carbonyl (C=O) groups is 1. The lowest BCUT2D eigenvalue weighted by Gasteiger charge is -2.33. The van der Waals surface area contributed by atoms with Crippen LogP contribution in [-0.4, -0.2) is 37.9 Å². The molecular weight excluding hydrogens is 273 g/mol. The van der Waals surface area contributed by atoms with E-state index in [1.165, 1.54) is 18.2 Å². The van der Waals surface area contributed by atoms with E-state index in [4.69, 9.17) is 9.84 Å². The SMILES string of the molecule is COCC1CCN(c2cc(F)cc(/C=C/C(=O)O)c2)CC1. The molecule has 1 N–H and O–H groups in total. The van der Waals surface area contributed by atoms with Gasteiger partial charge in [-0.05, 0) is 48.6 Å². The first-order valence-electron chi connectivity index (χ1n) is 7.04. The van der Waals surface area contributed by atoms with Gasteiger partial charge in [0, 0.05) is 38.6 Å². The average Bonchev–Trinajstić information content (AvgIpc) is 2.46. The highest BCUT2D eigenvalue weighted by molar-refractivity contribution is 5.85. The minimum absolute atomic E-state index is 0.350. The summed E-state index contributed by atoms with van der Waals surface area (Å²) >= 11 is 0. The molecule has 0 spiro atoms. The molecule has 0 saturated carbocycles. The third-order valence-electron chi connectivity index (χ3n) is 3.71. The van der Waals surface area contributed by atoms with Crippen LogP contribution in [0.2, 0.25) is 0 Å². The van der Waals surface area contributed by atoms with Crippen LogP contribution in [0.5, 0.6) is 0 Å². The van der Waals surface area contributed by atoms with E-state index in [-0.39, 0.29) is 5.82 Å². The summed E-state index contributed by atoms with van der Waals surface area (Å²) in [4.78, 5) is 12.7. The van der Waals surface area contributed by atoms with Crippen LogP contribution in [0.15, 0.2) is 24.3 Å². The molecule has 0 radical (unpaired) electrons. The van der Waals surface area contributed by atoms with Gasteiger partial charge in [-0.25, -0.2) is 9.18 Å². The molecule has 1 aliphatic heterocycles. The first-order chi connectivity index (χ1) is 10.1. The van der Waals surface area contributed by atoms with Crippen LogP contribution < -0.4 is 4.90 Å². The molecule has 0 aliphatic carbocycles. The molecule has 0 atom stereocenters. The summed E-state index contributed by atoms with van der Waals surface area (Å²) in [6.45, 7) is 2.49. The van der Waals surface area contributed by atoms with Gasteiger partial charge in [0.25, 0.3) is 0 Å². The maximum atomic E-state index is 13.7. The largest absolute Gasteiger partial charge is 0.478 e. The highest BCUT2D eigenvalue weighted by Crippen LogP contribution is 2.25. The maximum absolute atomic E-state index is 13.7. The Kier molecular flexibility index (Phi) is 5.33. The lowest BCUT2D eigenvalue weighted by molar-refractivity contribution is -0.131. The number of carboxylic acid groups (broad SMARTS) is 1. The molecule has 2 rings (SSSR count). The molecule has 0 aromatic heterocycles. The summed E-state index contributed by atoms with van der Waals surface area (Å²) in [5.74, 6) is -0.830. The summed E-state index contributed by atoms with van der Waals surface area (Å²) < 4.78 is 18.8. The number of aliphatic carboxylic acids is 1. The van der Waals surface area contributed by atoms with Crippen LogP contribution in [0.3, 0.4) is 0 Å². The average molecular weight is 293 g/mol. The van der Waals surface area contributed by atoms with Gasteiger partial charge in [0.1, 0.15) is 5.82 Å². The van der Waals surface area contributed by atoms with Crippen molar-refractivity contribution in [3.63, 3.8) is 0 Å². The molecule has 1 heterocycles. The summed E-state index contributed by atoms with van der Waals surface area (Å²) in [6, 6.07) is 4.65. The van der Waals surface area contributed by atoms with Crippen LogP contribution in [0.25, 0.3) is 6.08 Å². The van der Waals surface area contributed by atoms with Crippen molar-refractivity contribution in [2.45, 2.75) is 12.8 Å². The van der Waals surface area contributed by atoms with E-state index in [1.54, 1.807) is 7.11 Å². The van der Waals surface area contributed by atoms with Gasteiger partial charge < -0.3 is 14.7 Å². The van der Waals surface area contributed by atoms with Gasteiger partial charge in [-0.15, -0.1) is 0 Å². The predicted octanol–water partition coefficient (Wildman–Crippen LogP) is 2.79. The fourth-order valence-electron chi connectivity index (χ4n) is 2.64. The zero-order valence-corrected chi connectivity index (χ0v) is 12.1. The van der Waals surface area contributed by atoms with Gasteiger partial charge >= 0.3 is 5.97 Å². The lowest BCUT2D eigenvalue weighted by atomic mass is 9.97. The van der Waals surface area contributed by atoms with Crippen LogP contribution in [-0.2, 0) is 9.53 Å². The van der Waals surface area contributed by atoms with Crippen molar-refractivity contribution in [2.24, 2.45) is 5.92 Å². The van der Waals surface area contributed by atoms with E-state index in [0.717, 1.165) is 44.3 Å². The topological polar surface area (TPSA) is 49.8 Å². The summed E-state index contributed by atoms with van der Waals surface area (Å²) in [7, 11) is 1.71. The molecule has 114 valence electrons. The zero-order chi connectivity index (χ0) is 15.2. The third kappa shape index (κ3) is 4.56. The second kappa shape index (κ2) is 7.22. The Morgan fingerprint density at radius 3 is 2.76 bits per heavy atom. The second-order valence-electron chi connectivity index (χ2n) is 5.30.